The molecule has 2 aliphatic heterocycles. The van der Waals surface area contributed by atoms with Crippen molar-refractivity contribution in [1.82, 2.24) is 9.88 Å². The van der Waals surface area contributed by atoms with Crippen molar-refractivity contribution in [3.05, 3.63) is 94.0 Å². The second kappa shape index (κ2) is 8.64. The zero-order chi connectivity index (χ0) is 23.2. The molecular formula is C27H22BrFN2O3. The minimum Gasteiger partial charge on any atom is -0.448 e. The molecule has 0 radical (unpaired) electrons. The van der Waals surface area contributed by atoms with E-state index in [9.17, 15) is 9.18 Å². The molecule has 1 aromatic heterocycles. The molecule has 3 heterocycles. The Hall–Kier alpha value is -3.03. The van der Waals surface area contributed by atoms with E-state index < -0.39 is 5.95 Å². The molecule has 5 nitrogen and oxygen atoms in total. The number of benzene rings is 2. The highest BCUT2D eigenvalue weighted by Gasteiger charge is 2.40. The van der Waals surface area contributed by atoms with Gasteiger partial charge in [-0.25, -0.2) is 9.78 Å². The van der Waals surface area contributed by atoms with Gasteiger partial charge in [0.15, 0.2) is 0 Å². The third-order valence-electron chi connectivity index (χ3n) is 6.90. The third kappa shape index (κ3) is 3.63. The number of halogens is 2. The summed E-state index contributed by atoms with van der Waals surface area (Å²) in [5.74, 6) is -0.506. The molecule has 1 saturated heterocycles. The van der Waals surface area contributed by atoms with E-state index in [4.69, 9.17) is 9.47 Å². The Morgan fingerprint density at radius 2 is 1.79 bits per heavy atom. The van der Waals surface area contributed by atoms with Crippen molar-refractivity contribution in [3.8, 4) is 11.1 Å². The van der Waals surface area contributed by atoms with Gasteiger partial charge in [-0.1, -0.05) is 54.6 Å². The Morgan fingerprint density at radius 3 is 2.50 bits per heavy atom. The van der Waals surface area contributed by atoms with Gasteiger partial charge in [0.25, 0.3) is 0 Å². The molecule has 0 spiro atoms. The van der Waals surface area contributed by atoms with E-state index in [1.54, 1.807) is 11.0 Å². The smallest absolute Gasteiger partial charge is 0.410 e. The molecule has 2 unspecified atom stereocenters. The highest BCUT2D eigenvalue weighted by Crippen LogP contribution is 2.44. The lowest BCUT2D eigenvalue weighted by molar-refractivity contribution is -0.0331. The van der Waals surface area contributed by atoms with Gasteiger partial charge < -0.3 is 9.47 Å². The van der Waals surface area contributed by atoms with Crippen molar-refractivity contribution in [2.24, 2.45) is 0 Å². The Kier molecular flexibility index (Phi) is 5.46. The Labute approximate surface area is 205 Å². The molecule has 34 heavy (non-hydrogen) atoms. The first kappa shape index (κ1) is 21.5. The predicted octanol–water partition coefficient (Wildman–Crippen LogP) is 5.79. The minimum absolute atomic E-state index is 0.00479. The second-order valence-electron chi connectivity index (χ2n) is 8.86. The van der Waals surface area contributed by atoms with Crippen molar-refractivity contribution in [2.75, 3.05) is 19.8 Å². The van der Waals surface area contributed by atoms with Crippen LogP contribution in [-0.4, -0.2) is 47.9 Å². The van der Waals surface area contributed by atoms with Crippen LogP contribution in [-0.2, 0) is 9.47 Å². The van der Waals surface area contributed by atoms with Crippen molar-refractivity contribution < 1.29 is 18.7 Å². The van der Waals surface area contributed by atoms with Crippen LogP contribution in [0.1, 0.15) is 29.0 Å². The van der Waals surface area contributed by atoms with E-state index in [2.05, 4.69) is 45.2 Å². The van der Waals surface area contributed by atoms with Gasteiger partial charge >= 0.3 is 6.09 Å². The van der Waals surface area contributed by atoms with Crippen LogP contribution >= 0.6 is 15.9 Å². The molecule has 1 aliphatic carbocycles. The maximum absolute atomic E-state index is 14.4. The second-order valence-corrected chi connectivity index (χ2v) is 9.77. The molecule has 7 heteroatoms. The van der Waals surface area contributed by atoms with Crippen molar-refractivity contribution in [2.45, 2.75) is 24.4 Å². The van der Waals surface area contributed by atoms with Crippen LogP contribution in [0.25, 0.3) is 16.7 Å². The SMILES string of the molecule is O=C(OCC1c2ccccc2-c2ccccc21)N1C2C=C(c3cc(Br)cnc3F)CC1COC2. The fourth-order valence-electron chi connectivity index (χ4n) is 5.40. The molecule has 2 aromatic carbocycles. The Bertz CT molecular complexity index is 1270. The summed E-state index contributed by atoms with van der Waals surface area (Å²) < 4.78 is 26.7. The molecule has 2 atom stereocenters. The van der Waals surface area contributed by atoms with Gasteiger partial charge in [0.2, 0.25) is 5.95 Å². The van der Waals surface area contributed by atoms with Crippen molar-refractivity contribution in [3.63, 3.8) is 0 Å². The van der Waals surface area contributed by atoms with Gasteiger partial charge in [-0.15, -0.1) is 0 Å². The monoisotopic (exact) mass is 520 g/mol. The third-order valence-corrected chi connectivity index (χ3v) is 7.33. The van der Waals surface area contributed by atoms with Crippen molar-refractivity contribution in [1.29, 1.82) is 0 Å². The minimum atomic E-state index is -0.511. The van der Waals surface area contributed by atoms with Gasteiger partial charge in [-0.05, 0) is 56.2 Å². The first-order chi connectivity index (χ1) is 16.6. The number of nitrogens with zero attached hydrogens (tertiary/aromatic N) is 2. The molecule has 6 rings (SSSR count). The van der Waals surface area contributed by atoms with Crippen molar-refractivity contribution >= 4 is 27.6 Å². The lowest BCUT2D eigenvalue weighted by Crippen LogP contribution is -2.56. The number of carbonyl (C=O) groups is 1. The summed E-state index contributed by atoms with van der Waals surface area (Å²) in [6.45, 7) is 1.01. The highest BCUT2D eigenvalue weighted by molar-refractivity contribution is 9.10. The van der Waals surface area contributed by atoms with Crippen LogP contribution in [0.15, 0.2) is 71.3 Å². The first-order valence-electron chi connectivity index (χ1n) is 11.3. The number of pyridine rings is 1. The van der Waals surface area contributed by atoms with Gasteiger partial charge in [-0.3, -0.25) is 4.90 Å². The Morgan fingerprint density at radius 1 is 1.09 bits per heavy atom. The topological polar surface area (TPSA) is 51.7 Å². The maximum atomic E-state index is 14.4. The fraction of sp³-hybridized carbons (Fsp3) is 0.259. The maximum Gasteiger partial charge on any atom is 0.410 e. The number of hydrogen-bond acceptors (Lipinski definition) is 4. The largest absolute Gasteiger partial charge is 0.448 e. The van der Waals surface area contributed by atoms with Crippen LogP contribution in [0.5, 0.6) is 0 Å². The summed E-state index contributed by atoms with van der Waals surface area (Å²) in [6, 6.07) is 17.8. The average molecular weight is 521 g/mol. The number of carbonyl (C=O) groups excluding carboxylic acids is 1. The number of aromatic nitrogens is 1. The molecule has 3 aliphatic rings. The molecule has 1 amide bonds. The van der Waals surface area contributed by atoms with Crippen LogP contribution < -0.4 is 0 Å². The summed E-state index contributed by atoms with van der Waals surface area (Å²) in [5, 5.41) is 0. The summed E-state index contributed by atoms with van der Waals surface area (Å²) in [7, 11) is 0. The molecule has 172 valence electrons. The molecular weight excluding hydrogens is 499 g/mol. The van der Waals surface area contributed by atoms with Gasteiger partial charge in [0.05, 0.1) is 25.3 Å². The Balaban J connectivity index is 1.23. The standard InChI is InChI=1S/C27H22BrFN2O3/c28-17-11-24(26(29)30-12-17)16-9-18-13-33-14-19(10-16)31(18)27(32)34-15-25-22-7-3-1-5-20(22)21-6-2-4-8-23(21)25/h1-9,11-12,18-19,25H,10,13-15H2. The summed E-state index contributed by atoms with van der Waals surface area (Å²) in [5.41, 5.74) is 6.04. The van der Waals surface area contributed by atoms with E-state index in [0.717, 1.165) is 5.57 Å². The predicted molar refractivity (Wildman–Crippen MR) is 130 cm³/mol. The quantitative estimate of drug-likeness (QED) is 0.410. The van der Waals surface area contributed by atoms with Crippen LogP contribution in [0, 0.1) is 5.95 Å². The summed E-state index contributed by atoms with van der Waals surface area (Å²) in [6.07, 6.45) is 3.47. The molecule has 1 fully saturated rings. The number of ether oxygens (including phenoxy) is 2. The summed E-state index contributed by atoms with van der Waals surface area (Å²) >= 11 is 3.37. The average Bonchev–Trinajstić information content (AvgIpc) is 3.17. The number of rotatable bonds is 3. The van der Waals surface area contributed by atoms with Crippen LogP contribution in [0.4, 0.5) is 9.18 Å². The van der Waals surface area contributed by atoms with Crippen LogP contribution in [0.2, 0.25) is 0 Å². The number of hydrogen-bond donors (Lipinski definition) is 0. The zero-order valence-corrected chi connectivity index (χ0v) is 19.9. The van der Waals surface area contributed by atoms with Gasteiger partial charge in [-0.2, -0.15) is 4.39 Å². The zero-order valence-electron chi connectivity index (χ0n) is 18.3. The first-order valence-corrected chi connectivity index (χ1v) is 12.1. The molecule has 3 aromatic rings. The summed E-state index contributed by atoms with van der Waals surface area (Å²) in [4.78, 5) is 18.9. The van der Waals surface area contributed by atoms with E-state index in [0.29, 0.717) is 29.7 Å². The van der Waals surface area contributed by atoms with E-state index in [1.165, 1.54) is 28.5 Å². The van der Waals surface area contributed by atoms with Gasteiger partial charge in [0.1, 0.15) is 6.61 Å². The number of morpholine rings is 1. The molecule has 0 N–H and O–H groups in total. The lowest BCUT2D eigenvalue weighted by Gasteiger charge is -2.43. The highest BCUT2D eigenvalue weighted by atomic mass is 79.9. The lowest BCUT2D eigenvalue weighted by atomic mass is 9.90. The normalized spacial score (nSPS) is 21.0. The van der Waals surface area contributed by atoms with Gasteiger partial charge in [0, 0.05) is 22.2 Å². The van der Waals surface area contributed by atoms with E-state index in [-0.39, 0.29) is 30.7 Å². The van der Waals surface area contributed by atoms with Crippen LogP contribution in [0.3, 0.4) is 0 Å². The van der Waals surface area contributed by atoms with E-state index in [1.807, 2.05) is 30.3 Å². The van der Waals surface area contributed by atoms with E-state index >= 15 is 0 Å². The number of fused-ring (bicyclic) bond motifs is 5. The number of amides is 1. The molecule has 2 bridgehead atoms. The fourth-order valence-corrected chi connectivity index (χ4v) is 5.73. The molecule has 0 saturated carbocycles.